The van der Waals surface area contributed by atoms with Crippen LogP contribution in [0.15, 0.2) is 71.4 Å². The van der Waals surface area contributed by atoms with Crippen molar-refractivity contribution in [3.63, 3.8) is 0 Å². The fourth-order valence-corrected chi connectivity index (χ4v) is 3.05. The number of aliphatic hydroxyl groups is 1. The van der Waals surface area contributed by atoms with Crippen molar-refractivity contribution < 1.29 is 27.4 Å². The number of nitrogens with zero attached hydrogens (tertiary/aromatic N) is 1. The summed E-state index contributed by atoms with van der Waals surface area (Å²) in [7, 11) is 0. The van der Waals surface area contributed by atoms with Crippen LogP contribution in [-0.2, 0) is 12.6 Å². The summed E-state index contributed by atoms with van der Waals surface area (Å²) in [5.41, 5.74) is 1.26. The zero-order valence-electron chi connectivity index (χ0n) is 17.3. The number of allylic oxidation sites excluding steroid dienone is 1. The molecule has 1 N–H and O–H groups in total. The number of aromatic nitrogens is 1. The van der Waals surface area contributed by atoms with Gasteiger partial charge in [-0.15, -0.1) is 0 Å². The molecular formula is C24H24F3NO3. The van der Waals surface area contributed by atoms with Crippen molar-refractivity contribution in [1.29, 1.82) is 0 Å². The first-order chi connectivity index (χ1) is 14.8. The minimum absolute atomic E-state index is 0.235. The first-order valence-electron chi connectivity index (χ1n) is 10.00. The van der Waals surface area contributed by atoms with Crippen molar-refractivity contribution in [2.45, 2.75) is 45.1 Å². The van der Waals surface area contributed by atoms with Crippen LogP contribution in [0.5, 0.6) is 5.75 Å². The van der Waals surface area contributed by atoms with Crippen LogP contribution in [0.25, 0.3) is 11.5 Å². The van der Waals surface area contributed by atoms with Gasteiger partial charge in [0.25, 0.3) is 0 Å². The van der Waals surface area contributed by atoms with Gasteiger partial charge in [-0.25, -0.2) is 4.98 Å². The Morgan fingerprint density at radius 1 is 1.13 bits per heavy atom. The number of hydrogen-bond acceptors (Lipinski definition) is 4. The summed E-state index contributed by atoms with van der Waals surface area (Å²) in [5, 5.41) is 9.39. The van der Waals surface area contributed by atoms with Gasteiger partial charge in [-0.1, -0.05) is 37.3 Å². The summed E-state index contributed by atoms with van der Waals surface area (Å²) in [4.78, 5) is 4.43. The minimum atomic E-state index is -4.39. The molecule has 0 radical (unpaired) electrons. The number of aliphatic hydroxyl groups excluding tert-OH is 1. The largest absolute Gasteiger partial charge is 0.484 e. The third-order valence-corrected chi connectivity index (χ3v) is 4.68. The predicted octanol–water partition coefficient (Wildman–Crippen LogP) is 6.37. The van der Waals surface area contributed by atoms with Crippen LogP contribution in [0.4, 0.5) is 13.2 Å². The molecule has 3 aromatic rings. The molecule has 2 atom stereocenters. The van der Waals surface area contributed by atoms with Gasteiger partial charge in [-0.3, -0.25) is 0 Å². The van der Waals surface area contributed by atoms with Gasteiger partial charge in [0, 0.05) is 5.56 Å². The Morgan fingerprint density at radius 2 is 1.84 bits per heavy atom. The second-order valence-corrected chi connectivity index (χ2v) is 7.15. The zero-order valence-corrected chi connectivity index (χ0v) is 17.3. The summed E-state index contributed by atoms with van der Waals surface area (Å²) in [6, 6.07) is 12.3. The van der Waals surface area contributed by atoms with Gasteiger partial charge in [-0.05, 0) is 55.7 Å². The number of oxazole rings is 1. The summed E-state index contributed by atoms with van der Waals surface area (Å²) in [6.07, 6.45) is 0.999. The highest BCUT2D eigenvalue weighted by atomic mass is 19.4. The molecule has 0 aliphatic heterocycles. The van der Waals surface area contributed by atoms with Gasteiger partial charge in [-0.2, -0.15) is 13.2 Å². The van der Waals surface area contributed by atoms with Crippen LogP contribution >= 0.6 is 0 Å². The van der Waals surface area contributed by atoms with E-state index in [0.29, 0.717) is 29.8 Å². The lowest BCUT2D eigenvalue weighted by atomic mass is 10.1. The molecule has 7 heteroatoms. The van der Waals surface area contributed by atoms with Gasteiger partial charge in [0.15, 0.2) is 0 Å². The van der Waals surface area contributed by atoms with Gasteiger partial charge in [0.05, 0.1) is 11.7 Å². The molecule has 0 aliphatic carbocycles. The first kappa shape index (κ1) is 22.6. The molecule has 0 amide bonds. The molecule has 1 aromatic heterocycles. The van der Waals surface area contributed by atoms with Gasteiger partial charge >= 0.3 is 6.18 Å². The van der Waals surface area contributed by atoms with E-state index in [9.17, 15) is 18.3 Å². The highest BCUT2D eigenvalue weighted by Crippen LogP contribution is 2.32. The quantitative estimate of drug-likeness (QED) is 0.421. The number of benzene rings is 2. The SMILES string of the molecule is CCC(Oc1ccccc1C/C=C/C(C)O)c1coc(-c2ccc(C(F)(F)F)cc2)n1. The number of para-hydroxylation sites is 1. The number of alkyl halides is 3. The first-order valence-corrected chi connectivity index (χ1v) is 10.00. The Kier molecular flexibility index (Phi) is 7.17. The minimum Gasteiger partial charge on any atom is -0.484 e. The number of rotatable bonds is 8. The molecule has 1 heterocycles. The lowest BCUT2D eigenvalue weighted by molar-refractivity contribution is -0.137. The molecule has 0 spiro atoms. The van der Waals surface area contributed by atoms with Gasteiger partial charge in [0.1, 0.15) is 23.8 Å². The maximum Gasteiger partial charge on any atom is 0.416 e. The van der Waals surface area contributed by atoms with E-state index < -0.39 is 17.8 Å². The van der Waals surface area contributed by atoms with Crippen molar-refractivity contribution in [2.24, 2.45) is 0 Å². The van der Waals surface area contributed by atoms with Crippen LogP contribution in [0, 0.1) is 0 Å². The molecule has 0 saturated heterocycles. The van der Waals surface area contributed by atoms with E-state index in [1.165, 1.54) is 18.4 Å². The Hall–Kier alpha value is -3.06. The fourth-order valence-electron chi connectivity index (χ4n) is 3.05. The van der Waals surface area contributed by atoms with Crippen LogP contribution in [0.3, 0.4) is 0 Å². The maximum atomic E-state index is 12.8. The Morgan fingerprint density at radius 3 is 2.48 bits per heavy atom. The molecule has 0 saturated carbocycles. The molecule has 0 bridgehead atoms. The van der Waals surface area contributed by atoms with Crippen molar-refractivity contribution in [1.82, 2.24) is 4.98 Å². The summed E-state index contributed by atoms with van der Waals surface area (Å²) in [6.45, 7) is 3.64. The molecule has 4 nitrogen and oxygen atoms in total. The topological polar surface area (TPSA) is 55.5 Å². The van der Waals surface area contributed by atoms with Crippen LogP contribution in [-0.4, -0.2) is 16.2 Å². The summed E-state index contributed by atoms with van der Waals surface area (Å²) < 4.78 is 50.0. The smallest absolute Gasteiger partial charge is 0.416 e. The molecular weight excluding hydrogens is 407 g/mol. The molecule has 31 heavy (non-hydrogen) atoms. The Balaban J connectivity index is 1.77. The summed E-state index contributed by atoms with van der Waals surface area (Å²) >= 11 is 0. The molecule has 0 fully saturated rings. The molecule has 0 aliphatic rings. The van der Waals surface area contributed by atoms with E-state index in [-0.39, 0.29) is 12.0 Å². The standard InChI is InChI=1S/C24H24F3NO3/c1-3-21(31-22-10-5-4-8-17(22)9-6-7-16(2)29)20-15-30-23(28-20)18-11-13-19(14-12-18)24(25,26)27/h4-8,10-16,21,29H,3,9H2,1-2H3/b7-6+. The summed E-state index contributed by atoms with van der Waals surface area (Å²) in [5.74, 6) is 0.933. The Labute approximate surface area is 179 Å². The van der Waals surface area contributed by atoms with Crippen LogP contribution in [0.1, 0.15) is 43.2 Å². The van der Waals surface area contributed by atoms with Gasteiger partial charge < -0.3 is 14.3 Å². The Bertz CT molecular complexity index is 1010. The van der Waals surface area contributed by atoms with E-state index in [1.54, 1.807) is 13.0 Å². The highest BCUT2D eigenvalue weighted by Gasteiger charge is 2.30. The highest BCUT2D eigenvalue weighted by molar-refractivity contribution is 5.54. The molecule has 2 unspecified atom stereocenters. The van der Waals surface area contributed by atoms with Crippen LogP contribution in [0.2, 0.25) is 0 Å². The van der Waals surface area contributed by atoms with Crippen LogP contribution < -0.4 is 4.74 Å². The average Bonchev–Trinajstić information content (AvgIpc) is 3.22. The fraction of sp³-hybridized carbons (Fsp3) is 0.292. The lowest BCUT2D eigenvalue weighted by Gasteiger charge is -2.17. The lowest BCUT2D eigenvalue weighted by Crippen LogP contribution is -2.08. The molecule has 3 rings (SSSR count). The van der Waals surface area contributed by atoms with E-state index >= 15 is 0 Å². The second-order valence-electron chi connectivity index (χ2n) is 7.15. The van der Waals surface area contributed by atoms with Gasteiger partial charge in [0.2, 0.25) is 5.89 Å². The second kappa shape index (κ2) is 9.83. The van der Waals surface area contributed by atoms with Crippen molar-refractivity contribution >= 4 is 0 Å². The van der Waals surface area contributed by atoms with Crippen molar-refractivity contribution in [2.75, 3.05) is 0 Å². The molecule has 2 aromatic carbocycles. The third-order valence-electron chi connectivity index (χ3n) is 4.68. The predicted molar refractivity (Wildman–Crippen MR) is 112 cm³/mol. The van der Waals surface area contributed by atoms with Crippen molar-refractivity contribution in [3.05, 3.63) is 83.8 Å². The third kappa shape index (κ3) is 5.98. The van der Waals surface area contributed by atoms with E-state index in [1.807, 2.05) is 37.3 Å². The number of halogens is 3. The van der Waals surface area contributed by atoms with E-state index in [4.69, 9.17) is 9.15 Å². The molecule has 164 valence electrons. The number of hydrogen-bond donors (Lipinski definition) is 1. The normalized spacial score (nSPS) is 14.0. The number of ether oxygens (including phenoxy) is 1. The van der Waals surface area contributed by atoms with Crippen molar-refractivity contribution in [3.8, 4) is 17.2 Å². The maximum absolute atomic E-state index is 12.8. The monoisotopic (exact) mass is 431 g/mol. The van der Waals surface area contributed by atoms with E-state index in [0.717, 1.165) is 17.7 Å². The van der Waals surface area contributed by atoms with E-state index in [2.05, 4.69) is 4.98 Å². The zero-order chi connectivity index (χ0) is 22.4. The average molecular weight is 431 g/mol.